The number of morpholine rings is 1. The molecule has 12 heteroatoms. The van der Waals surface area contributed by atoms with E-state index in [9.17, 15) is 13.6 Å². The number of amides is 1. The van der Waals surface area contributed by atoms with Crippen LogP contribution in [0.15, 0.2) is 38.7 Å². The Labute approximate surface area is 180 Å². The van der Waals surface area contributed by atoms with Gasteiger partial charge in [0, 0.05) is 25.7 Å². The maximum Gasteiger partial charge on any atom is 0.274 e. The van der Waals surface area contributed by atoms with Crippen molar-refractivity contribution in [2.45, 2.75) is 16.6 Å². The first-order valence-corrected chi connectivity index (χ1v) is 10.2. The Morgan fingerprint density at radius 1 is 1.23 bits per heavy atom. The van der Waals surface area contributed by atoms with Crippen LogP contribution in [-0.4, -0.2) is 57.1 Å². The molecule has 0 atom stereocenters. The van der Waals surface area contributed by atoms with E-state index >= 15 is 0 Å². The predicted molar refractivity (Wildman–Crippen MR) is 105 cm³/mol. The fourth-order valence-electron chi connectivity index (χ4n) is 3.13. The van der Waals surface area contributed by atoms with Gasteiger partial charge in [0.2, 0.25) is 0 Å². The zero-order valence-corrected chi connectivity index (χ0v) is 17.3. The number of aromatic nitrogens is 3. The van der Waals surface area contributed by atoms with E-state index in [2.05, 4.69) is 15.1 Å². The summed E-state index contributed by atoms with van der Waals surface area (Å²) in [6.45, 7) is 3.69. The lowest BCUT2D eigenvalue weighted by Crippen LogP contribution is -2.35. The number of benzene rings is 1. The van der Waals surface area contributed by atoms with Crippen LogP contribution >= 0.6 is 11.8 Å². The summed E-state index contributed by atoms with van der Waals surface area (Å²) in [6, 6.07) is 5.30. The third-order valence-electron chi connectivity index (χ3n) is 4.76. The van der Waals surface area contributed by atoms with E-state index in [-0.39, 0.29) is 15.6 Å². The molecule has 1 fully saturated rings. The van der Waals surface area contributed by atoms with Gasteiger partial charge in [-0.25, -0.2) is 14.3 Å². The van der Waals surface area contributed by atoms with Crippen molar-refractivity contribution in [2.24, 2.45) is 7.05 Å². The SMILES string of the molecule is Cn1c(Sc2c(F)cc(C(=O)NO)cc2F)nnc1-c1ccc(CN2CCOCC2)o1. The molecule has 0 unspecified atom stereocenters. The second-order valence-electron chi connectivity index (χ2n) is 6.83. The highest BCUT2D eigenvalue weighted by Gasteiger charge is 2.21. The molecule has 1 amide bonds. The molecule has 0 radical (unpaired) electrons. The lowest BCUT2D eigenvalue weighted by molar-refractivity contribution is 0.0314. The molecule has 0 spiro atoms. The Kier molecular flexibility index (Phi) is 6.32. The topological polar surface area (TPSA) is 106 Å². The quantitative estimate of drug-likeness (QED) is 0.435. The van der Waals surface area contributed by atoms with Gasteiger partial charge in [0.15, 0.2) is 16.7 Å². The monoisotopic (exact) mass is 451 g/mol. The van der Waals surface area contributed by atoms with Crippen LogP contribution in [0, 0.1) is 11.6 Å². The molecule has 1 saturated heterocycles. The van der Waals surface area contributed by atoms with Gasteiger partial charge in [-0.3, -0.25) is 14.9 Å². The van der Waals surface area contributed by atoms with Gasteiger partial charge in [-0.1, -0.05) is 0 Å². The average molecular weight is 451 g/mol. The summed E-state index contributed by atoms with van der Waals surface area (Å²) in [5.74, 6) is -1.27. The van der Waals surface area contributed by atoms with Gasteiger partial charge in [0.05, 0.1) is 24.7 Å². The van der Waals surface area contributed by atoms with Gasteiger partial charge in [0.25, 0.3) is 5.91 Å². The van der Waals surface area contributed by atoms with Crippen LogP contribution in [0.3, 0.4) is 0 Å². The Morgan fingerprint density at radius 2 is 1.94 bits per heavy atom. The van der Waals surface area contributed by atoms with Crippen molar-refractivity contribution in [3.63, 3.8) is 0 Å². The van der Waals surface area contributed by atoms with E-state index in [1.807, 2.05) is 6.07 Å². The summed E-state index contributed by atoms with van der Waals surface area (Å²) in [5, 5.41) is 16.9. The summed E-state index contributed by atoms with van der Waals surface area (Å²) in [5.41, 5.74) is 0.994. The van der Waals surface area contributed by atoms with Gasteiger partial charge in [0.1, 0.15) is 17.4 Å². The fraction of sp³-hybridized carbons (Fsp3) is 0.316. The van der Waals surface area contributed by atoms with Gasteiger partial charge in [-0.15, -0.1) is 10.2 Å². The molecule has 3 heterocycles. The van der Waals surface area contributed by atoms with Crippen LogP contribution < -0.4 is 5.48 Å². The van der Waals surface area contributed by atoms with Crippen LogP contribution in [0.25, 0.3) is 11.6 Å². The first-order valence-electron chi connectivity index (χ1n) is 9.36. The highest BCUT2D eigenvalue weighted by molar-refractivity contribution is 7.99. The standard InChI is InChI=1S/C19H19F2N5O4S/c1-25-17(15-3-2-12(30-15)10-26-4-6-29-7-5-26)22-23-19(25)31-16-13(20)8-11(9-14(16)21)18(27)24-28/h2-3,8-9,28H,4-7,10H2,1H3,(H,24,27). The Morgan fingerprint density at radius 3 is 2.61 bits per heavy atom. The predicted octanol–water partition coefficient (Wildman–Crippen LogP) is 2.46. The van der Waals surface area contributed by atoms with Crippen molar-refractivity contribution in [3.05, 3.63) is 47.2 Å². The lowest BCUT2D eigenvalue weighted by atomic mass is 10.2. The number of hydrogen-bond acceptors (Lipinski definition) is 8. The molecule has 164 valence electrons. The van der Waals surface area contributed by atoms with Crippen LogP contribution in [0.1, 0.15) is 16.1 Å². The molecule has 0 bridgehead atoms. The maximum atomic E-state index is 14.4. The summed E-state index contributed by atoms with van der Waals surface area (Å²) in [4.78, 5) is 13.3. The highest BCUT2D eigenvalue weighted by atomic mass is 32.2. The number of carbonyl (C=O) groups is 1. The van der Waals surface area contributed by atoms with Crippen molar-refractivity contribution in [2.75, 3.05) is 26.3 Å². The van der Waals surface area contributed by atoms with E-state index in [1.54, 1.807) is 17.7 Å². The van der Waals surface area contributed by atoms with Crippen LogP contribution in [0.5, 0.6) is 0 Å². The number of nitrogens with zero attached hydrogens (tertiary/aromatic N) is 4. The summed E-state index contributed by atoms with van der Waals surface area (Å²) in [7, 11) is 1.66. The molecule has 2 aromatic heterocycles. The number of ether oxygens (including phenoxy) is 1. The Hall–Kier alpha value is -2.80. The fourth-order valence-corrected chi connectivity index (χ4v) is 3.93. The molecule has 2 N–H and O–H groups in total. The highest BCUT2D eigenvalue weighted by Crippen LogP contribution is 2.33. The zero-order valence-electron chi connectivity index (χ0n) is 16.5. The second kappa shape index (κ2) is 9.14. The first kappa shape index (κ1) is 21.4. The summed E-state index contributed by atoms with van der Waals surface area (Å²) in [6.07, 6.45) is 0. The van der Waals surface area contributed by atoms with Gasteiger partial charge >= 0.3 is 0 Å². The van der Waals surface area contributed by atoms with E-state index in [0.29, 0.717) is 31.3 Å². The summed E-state index contributed by atoms with van der Waals surface area (Å²) < 4.78 is 41.5. The third kappa shape index (κ3) is 4.61. The number of hydroxylamine groups is 1. The minimum Gasteiger partial charge on any atom is -0.456 e. The first-order chi connectivity index (χ1) is 15.0. The van der Waals surface area contributed by atoms with Crippen LogP contribution in [0.2, 0.25) is 0 Å². The van der Waals surface area contributed by atoms with Crippen molar-refractivity contribution in [3.8, 4) is 11.6 Å². The molecule has 0 aliphatic carbocycles. The van der Waals surface area contributed by atoms with E-state index in [1.165, 1.54) is 5.48 Å². The minimum absolute atomic E-state index is 0.235. The van der Waals surface area contributed by atoms with Crippen molar-refractivity contribution in [1.82, 2.24) is 25.1 Å². The maximum absolute atomic E-state index is 14.4. The molecule has 31 heavy (non-hydrogen) atoms. The Balaban J connectivity index is 1.52. The minimum atomic E-state index is -1.01. The molecule has 4 rings (SSSR count). The molecule has 1 aromatic carbocycles. The number of furan rings is 1. The van der Waals surface area contributed by atoms with Crippen LogP contribution in [-0.2, 0) is 18.3 Å². The molecular weight excluding hydrogens is 432 g/mol. The average Bonchev–Trinajstić information content (AvgIpc) is 3.37. The van der Waals surface area contributed by atoms with Crippen molar-refractivity contribution < 1.29 is 27.9 Å². The van der Waals surface area contributed by atoms with Gasteiger partial charge < -0.3 is 13.7 Å². The van der Waals surface area contributed by atoms with E-state index < -0.39 is 17.5 Å². The molecule has 3 aromatic rings. The van der Waals surface area contributed by atoms with Gasteiger partial charge in [-0.05, 0) is 36.0 Å². The number of halogens is 2. The molecule has 0 saturated carbocycles. The van der Waals surface area contributed by atoms with Gasteiger partial charge in [-0.2, -0.15) is 0 Å². The van der Waals surface area contributed by atoms with E-state index in [4.69, 9.17) is 14.4 Å². The molecule has 1 aliphatic rings. The normalized spacial score (nSPS) is 14.7. The number of nitrogens with one attached hydrogen (secondary N) is 1. The number of rotatable bonds is 6. The van der Waals surface area contributed by atoms with Crippen LogP contribution in [0.4, 0.5) is 8.78 Å². The Bertz CT molecular complexity index is 1070. The summed E-state index contributed by atoms with van der Waals surface area (Å²) >= 11 is 0.728. The second-order valence-corrected chi connectivity index (χ2v) is 7.81. The van der Waals surface area contributed by atoms with Crippen molar-refractivity contribution in [1.29, 1.82) is 0 Å². The molecule has 1 aliphatic heterocycles. The largest absolute Gasteiger partial charge is 0.456 e. The zero-order chi connectivity index (χ0) is 22.0. The number of hydrogen-bond donors (Lipinski definition) is 2. The molecular formula is C19H19F2N5O4S. The van der Waals surface area contributed by atoms with E-state index in [0.717, 1.165) is 42.7 Å². The lowest BCUT2D eigenvalue weighted by Gasteiger charge is -2.25. The number of carbonyl (C=O) groups excluding carboxylic acids is 1. The smallest absolute Gasteiger partial charge is 0.274 e. The van der Waals surface area contributed by atoms with Crippen molar-refractivity contribution >= 4 is 17.7 Å². The molecule has 9 nitrogen and oxygen atoms in total. The third-order valence-corrected chi connectivity index (χ3v) is 5.89.